The molecule has 0 bridgehead atoms. The Labute approximate surface area is 162 Å². The fourth-order valence-corrected chi connectivity index (χ4v) is 4.85. The standard InChI is InChI=1S/C17H20ClN3O3S2/c1-2-26(23,24)21-9-7-13(8-10-21)16(22)20-17-19-15(11-25-17)12-3-5-14(18)6-4-12/h3-6,11,13H,2,7-10H2,1H3,(H,19,20,22). The molecule has 1 aliphatic rings. The molecule has 140 valence electrons. The Hall–Kier alpha value is -1.48. The van der Waals surface area contributed by atoms with Crippen molar-refractivity contribution in [3.05, 3.63) is 34.7 Å². The summed E-state index contributed by atoms with van der Waals surface area (Å²) in [5.41, 5.74) is 1.72. The molecule has 1 saturated heterocycles. The molecule has 1 amide bonds. The minimum absolute atomic E-state index is 0.0937. The summed E-state index contributed by atoms with van der Waals surface area (Å²) in [5.74, 6) is -0.201. The number of thiazole rings is 1. The van der Waals surface area contributed by atoms with Crippen molar-refractivity contribution in [3.63, 3.8) is 0 Å². The van der Waals surface area contributed by atoms with Crippen LogP contribution >= 0.6 is 22.9 Å². The number of aromatic nitrogens is 1. The van der Waals surface area contributed by atoms with Crippen LogP contribution in [-0.4, -0.2) is 42.5 Å². The largest absolute Gasteiger partial charge is 0.302 e. The molecular weight excluding hydrogens is 394 g/mol. The van der Waals surface area contributed by atoms with Crippen molar-refractivity contribution >= 4 is 44.0 Å². The van der Waals surface area contributed by atoms with E-state index in [1.165, 1.54) is 15.6 Å². The van der Waals surface area contributed by atoms with Crippen LogP contribution < -0.4 is 5.32 Å². The van der Waals surface area contributed by atoms with Crippen molar-refractivity contribution in [2.24, 2.45) is 5.92 Å². The van der Waals surface area contributed by atoms with Gasteiger partial charge in [-0.15, -0.1) is 11.3 Å². The number of hydrogen-bond donors (Lipinski definition) is 1. The van der Waals surface area contributed by atoms with Crippen molar-refractivity contribution in [1.82, 2.24) is 9.29 Å². The van der Waals surface area contributed by atoms with Crippen LogP contribution in [-0.2, 0) is 14.8 Å². The normalized spacial score (nSPS) is 16.5. The highest BCUT2D eigenvalue weighted by atomic mass is 35.5. The Balaban J connectivity index is 1.58. The van der Waals surface area contributed by atoms with Crippen LogP contribution in [0.5, 0.6) is 0 Å². The predicted octanol–water partition coefficient (Wildman–Crippen LogP) is 3.46. The third kappa shape index (κ3) is 4.43. The molecule has 0 saturated carbocycles. The Morgan fingerprint density at radius 2 is 1.96 bits per heavy atom. The molecule has 26 heavy (non-hydrogen) atoms. The van der Waals surface area contributed by atoms with Crippen molar-refractivity contribution in [1.29, 1.82) is 0 Å². The summed E-state index contributed by atoms with van der Waals surface area (Å²) in [7, 11) is -3.18. The van der Waals surface area contributed by atoms with Crippen LogP contribution in [0, 0.1) is 5.92 Å². The summed E-state index contributed by atoms with van der Waals surface area (Å²) < 4.78 is 25.2. The van der Waals surface area contributed by atoms with E-state index < -0.39 is 10.0 Å². The molecule has 1 aromatic heterocycles. The van der Waals surface area contributed by atoms with Crippen molar-refractivity contribution in [2.75, 3.05) is 24.2 Å². The van der Waals surface area contributed by atoms with Crippen LogP contribution in [0.2, 0.25) is 5.02 Å². The molecule has 0 aliphatic carbocycles. The maximum Gasteiger partial charge on any atom is 0.229 e. The third-order valence-electron chi connectivity index (χ3n) is 4.46. The lowest BCUT2D eigenvalue weighted by atomic mass is 9.97. The van der Waals surface area contributed by atoms with Crippen molar-refractivity contribution in [2.45, 2.75) is 19.8 Å². The first-order valence-corrected chi connectivity index (χ1v) is 11.3. The summed E-state index contributed by atoms with van der Waals surface area (Å²) in [6.07, 6.45) is 1.06. The van der Waals surface area contributed by atoms with E-state index >= 15 is 0 Å². The number of piperidine rings is 1. The van der Waals surface area contributed by atoms with Crippen molar-refractivity contribution in [3.8, 4) is 11.3 Å². The zero-order chi connectivity index (χ0) is 18.7. The monoisotopic (exact) mass is 413 g/mol. The number of halogens is 1. The van der Waals surface area contributed by atoms with E-state index in [1.54, 1.807) is 19.1 Å². The van der Waals surface area contributed by atoms with E-state index in [1.807, 2.05) is 17.5 Å². The Bertz CT molecular complexity index is 873. The van der Waals surface area contributed by atoms with Gasteiger partial charge < -0.3 is 5.32 Å². The van der Waals surface area contributed by atoms with Gasteiger partial charge in [-0.05, 0) is 31.9 Å². The van der Waals surface area contributed by atoms with Gasteiger partial charge in [0, 0.05) is 35.0 Å². The van der Waals surface area contributed by atoms with E-state index in [2.05, 4.69) is 10.3 Å². The zero-order valence-corrected chi connectivity index (χ0v) is 16.7. The summed E-state index contributed by atoms with van der Waals surface area (Å²) in [6, 6.07) is 7.36. The number of carbonyl (C=O) groups excluding carboxylic acids is 1. The second kappa shape index (κ2) is 8.04. The summed E-state index contributed by atoms with van der Waals surface area (Å²) in [5, 5.41) is 5.95. The van der Waals surface area contributed by atoms with E-state index in [9.17, 15) is 13.2 Å². The molecule has 1 fully saturated rings. The van der Waals surface area contributed by atoms with Gasteiger partial charge in [-0.2, -0.15) is 0 Å². The molecule has 9 heteroatoms. The molecule has 3 rings (SSSR count). The molecule has 1 N–H and O–H groups in total. The number of benzene rings is 1. The second-order valence-electron chi connectivity index (χ2n) is 6.11. The zero-order valence-electron chi connectivity index (χ0n) is 14.3. The minimum atomic E-state index is -3.18. The van der Waals surface area contributed by atoms with Gasteiger partial charge >= 0.3 is 0 Å². The maximum atomic E-state index is 12.5. The van der Waals surface area contributed by atoms with Crippen LogP contribution in [0.1, 0.15) is 19.8 Å². The van der Waals surface area contributed by atoms with Crippen molar-refractivity contribution < 1.29 is 13.2 Å². The molecule has 0 radical (unpaired) electrons. The molecule has 0 spiro atoms. The average Bonchev–Trinajstić information content (AvgIpc) is 3.11. The fourth-order valence-electron chi connectivity index (χ4n) is 2.87. The lowest BCUT2D eigenvalue weighted by Gasteiger charge is -2.30. The molecule has 6 nitrogen and oxygen atoms in total. The van der Waals surface area contributed by atoms with Gasteiger partial charge in [0.25, 0.3) is 0 Å². The number of anilines is 1. The first-order chi connectivity index (χ1) is 12.4. The summed E-state index contributed by atoms with van der Waals surface area (Å²) in [4.78, 5) is 16.9. The maximum absolute atomic E-state index is 12.5. The van der Waals surface area contributed by atoms with E-state index in [0.717, 1.165) is 11.3 Å². The highest BCUT2D eigenvalue weighted by molar-refractivity contribution is 7.89. The Kier molecular flexibility index (Phi) is 5.96. The Morgan fingerprint density at radius 1 is 1.31 bits per heavy atom. The molecular formula is C17H20ClN3O3S2. The number of rotatable bonds is 5. The van der Waals surface area contributed by atoms with Gasteiger partial charge in [0.05, 0.1) is 11.4 Å². The molecule has 1 aliphatic heterocycles. The molecule has 2 heterocycles. The predicted molar refractivity (Wildman–Crippen MR) is 105 cm³/mol. The third-order valence-corrected chi connectivity index (χ3v) is 7.35. The van der Waals surface area contributed by atoms with Gasteiger partial charge in [-0.1, -0.05) is 23.7 Å². The van der Waals surface area contributed by atoms with Gasteiger partial charge in [0.15, 0.2) is 5.13 Å². The number of amides is 1. The fraction of sp³-hybridized carbons (Fsp3) is 0.412. The lowest BCUT2D eigenvalue weighted by molar-refractivity contribution is -0.120. The van der Waals surface area contributed by atoms with Crippen LogP contribution in [0.4, 0.5) is 5.13 Å². The number of nitrogens with one attached hydrogen (secondary N) is 1. The van der Waals surface area contributed by atoms with Crippen LogP contribution in [0.15, 0.2) is 29.6 Å². The number of carbonyl (C=O) groups is 1. The highest BCUT2D eigenvalue weighted by Crippen LogP contribution is 2.27. The first kappa shape index (κ1) is 19.3. The number of nitrogens with zero attached hydrogens (tertiary/aromatic N) is 2. The smallest absolute Gasteiger partial charge is 0.229 e. The minimum Gasteiger partial charge on any atom is -0.302 e. The molecule has 0 unspecified atom stereocenters. The quantitative estimate of drug-likeness (QED) is 0.813. The number of hydrogen-bond acceptors (Lipinski definition) is 5. The molecule has 2 aromatic rings. The van der Waals surface area contributed by atoms with E-state index in [-0.39, 0.29) is 17.6 Å². The SMILES string of the molecule is CCS(=O)(=O)N1CCC(C(=O)Nc2nc(-c3ccc(Cl)cc3)cs2)CC1. The molecule has 1 aromatic carbocycles. The van der Waals surface area contributed by atoms with Crippen LogP contribution in [0.3, 0.4) is 0 Å². The summed E-state index contributed by atoms with van der Waals surface area (Å²) in [6.45, 7) is 2.42. The van der Waals surface area contributed by atoms with E-state index in [0.29, 0.717) is 36.1 Å². The first-order valence-electron chi connectivity index (χ1n) is 8.39. The molecule has 0 atom stereocenters. The van der Waals surface area contributed by atoms with E-state index in [4.69, 9.17) is 11.6 Å². The van der Waals surface area contributed by atoms with Crippen LogP contribution in [0.25, 0.3) is 11.3 Å². The van der Waals surface area contributed by atoms with Gasteiger partial charge in [0.1, 0.15) is 0 Å². The Morgan fingerprint density at radius 3 is 2.58 bits per heavy atom. The number of sulfonamides is 1. The van der Waals surface area contributed by atoms with Gasteiger partial charge in [0.2, 0.25) is 15.9 Å². The highest BCUT2D eigenvalue weighted by Gasteiger charge is 2.30. The lowest BCUT2D eigenvalue weighted by Crippen LogP contribution is -2.42. The second-order valence-corrected chi connectivity index (χ2v) is 9.66. The average molecular weight is 414 g/mol. The van der Waals surface area contributed by atoms with Gasteiger partial charge in [-0.3, -0.25) is 4.79 Å². The topological polar surface area (TPSA) is 79.4 Å². The van der Waals surface area contributed by atoms with Gasteiger partial charge in [-0.25, -0.2) is 17.7 Å². The summed E-state index contributed by atoms with van der Waals surface area (Å²) >= 11 is 7.26.